The molecule has 4 heterocycles. The van der Waals surface area contributed by atoms with Crippen LogP contribution in [0, 0.1) is 11.3 Å². The maximum Gasteiger partial charge on any atom is 0.407 e. The van der Waals surface area contributed by atoms with E-state index >= 15 is 0 Å². The summed E-state index contributed by atoms with van der Waals surface area (Å²) < 4.78 is 11.0. The number of hydrogen-bond donors (Lipinski definition) is 1. The van der Waals surface area contributed by atoms with Crippen molar-refractivity contribution in [1.82, 2.24) is 20.1 Å². The van der Waals surface area contributed by atoms with Crippen LogP contribution in [0.3, 0.4) is 0 Å². The second kappa shape index (κ2) is 7.20. The quantitative estimate of drug-likeness (QED) is 0.833. The fourth-order valence-corrected chi connectivity index (χ4v) is 4.27. The minimum Gasteiger partial charge on any atom is -0.481 e. The van der Waals surface area contributed by atoms with Crippen LogP contribution in [0.2, 0.25) is 0 Å². The van der Waals surface area contributed by atoms with E-state index in [-0.39, 0.29) is 18.3 Å². The maximum atomic E-state index is 12.1. The van der Waals surface area contributed by atoms with Crippen molar-refractivity contribution in [1.29, 1.82) is 5.26 Å². The maximum absolute atomic E-state index is 12.1. The van der Waals surface area contributed by atoms with Crippen LogP contribution in [0.1, 0.15) is 36.9 Å². The van der Waals surface area contributed by atoms with E-state index in [1.54, 1.807) is 12.1 Å². The van der Waals surface area contributed by atoms with Crippen LogP contribution in [-0.4, -0.2) is 63.2 Å². The third kappa shape index (κ3) is 3.10. The predicted octanol–water partition coefficient (Wildman–Crippen LogP) is 2.14. The standard InChI is InChI=1S/C19H21N5O4/c1-27-16-3-2-14-17(21-16)13(15(10-20)23-22-14)6-9-24(18(25)26)19-7-4-12(5-8-19)28-11-19/h2-3,12H,4-9,11H2,1H3,(H,25,26). The molecule has 9 heteroatoms. The first-order valence-electron chi connectivity index (χ1n) is 9.29. The third-order valence-corrected chi connectivity index (χ3v) is 5.83. The molecule has 2 aromatic heterocycles. The second-order valence-corrected chi connectivity index (χ2v) is 7.28. The minimum atomic E-state index is -0.973. The first kappa shape index (κ1) is 18.4. The highest BCUT2D eigenvalue weighted by Crippen LogP contribution is 2.40. The topological polar surface area (TPSA) is 121 Å². The van der Waals surface area contributed by atoms with Crippen LogP contribution in [0.5, 0.6) is 5.88 Å². The summed E-state index contributed by atoms with van der Waals surface area (Å²) in [5, 5.41) is 27.4. The first-order valence-corrected chi connectivity index (χ1v) is 9.29. The third-order valence-electron chi connectivity index (χ3n) is 5.83. The van der Waals surface area contributed by atoms with E-state index in [0.717, 1.165) is 25.7 Å². The van der Waals surface area contributed by atoms with Gasteiger partial charge in [0.1, 0.15) is 17.1 Å². The van der Waals surface area contributed by atoms with Gasteiger partial charge in [0.2, 0.25) is 5.88 Å². The SMILES string of the molecule is COc1ccc2nnc(C#N)c(CCN(C(=O)O)C34CCC(CC3)OC4)c2n1. The summed E-state index contributed by atoms with van der Waals surface area (Å²) >= 11 is 0. The molecular formula is C19H21N5O4. The number of carboxylic acid groups (broad SMARTS) is 1. The molecule has 146 valence electrons. The molecule has 0 aromatic carbocycles. The molecule has 2 aromatic rings. The predicted molar refractivity (Wildman–Crippen MR) is 98.0 cm³/mol. The number of carbonyl (C=O) groups is 1. The van der Waals surface area contributed by atoms with Crippen molar-refractivity contribution < 1.29 is 19.4 Å². The Morgan fingerprint density at radius 3 is 2.82 bits per heavy atom. The zero-order valence-electron chi connectivity index (χ0n) is 15.6. The number of aromatic nitrogens is 3. The van der Waals surface area contributed by atoms with Crippen LogP contribution < -0.4 is 4.74 Å². The Kier molecular flexibility index (Phi) is 4.73. The van der Waals surface area contributed by atoms with Crippen molar-refractivity contribution in [2.75, 3.05) is 20.3 Å². The van der Waals surface area contributed by atoms with Crippen LogP contribution in [0.4, 0.5) is 4.79 Å². The first-order chi connectivity index (χ1) is 13.6. The van der Waals surface area contributed by atoms with Gasteiger partial charge in [0.25, 0.3) is 0 Å². The molecule has 2 aliphatic heterocycles. The highest BCUT2D eigenvalue weighted by molar-refractivity contribution is 5.79. The smallest absolute Gasteiger partial charge is 0.407 e. The van der Waals surface area contributed by atoms with Crippen molar-refractivity contribution >= 4 is 17.1 Å². The van der Waals surface area contributed by atoms with Crippen LogP contribution >= 0.6 is 0 Å². The normalized spacial score (nSPS) is 23.4. The number of amides is 1. The summed E-state index contributed by atoms with van der Waals surface area (Å²) in [5.41, 5.74) is 1.29. The Labute approximate surface area is 161 Å². The highest BCUT2D eigenvalue weighted by atomic mass is 16.5. The van der Waals surface area contributed by atoms with Gasteiger partial charge in [-0.25, -0.2) is 9.78 Å². The van der Waals surface area contributed by atoms with E-state index in [4.69, 9.17) is 9.47 Å². The van der Waals surface area contributed by atoms with E-state index < -0.39 is 11.6 Å². The number of fused-ring (bicyclic) bond motifs is 4. The molecule has 2 bridgehead atoms. The van der Waals surface area contributed by atoms with E-state index in [2.05, 4.69) is 15.2 Å². The number of pyridine rings is 1. The fraction of sp³-hybridized carbons (Fsp3) is 0.526. The fourth-order valence-electron chi connectivity index (χ4n) is 4.27. The van der Waals surface area contributed by atoms with Gasteiger partial charge in [-0.1, -0.05) is 0 Å². The van der Waals surface area contributed by atoms with Gasteiger partial charge in [0.15, 0.2) is 5.69 Å². The zero-order valence-corrected chi connectivity index (χ0v) is 15.6. The number of hydrogen-bond acceptors (Lipinski definition) is 7. The lowest BCUT2D eigenvalue weighted by Crippen LogP contribution is -2.61. The van der Waals surface area contributed by atoms with Crippen LogP contribution in [-0.2, 0) is 11.2 Å². The molecule has 1 amide bonds. The van der Waals surface area contributed by atoms with Gasteiger partial charge in [-0.15, -0.1) is 10.2 Å². The average molecular weight is 383 g/mol. The summed E-state index contributed by atoms with van der Waals surface area (Å²) in [7, 11) is 1.51. The van der Waals surface area contributed by atoms with Gasteiger partial charge in [-0.2, -0.15) is 5.26 Å². The van der Waals surface area contributed by atoms with Crippen molar-refractivity contribution in [3.05, 3.63) is 23.4 Å². The summed E-state index contributed by atoms with van der Waals surface area (Å²) in [4.78, 5) is 18.0. The molecule has 9 nitrogen and oxygen atoms in total. The van der Waals surface area contributed by atoms with Crippen molar-refractivity contribution in [2.45, 2.75) is 43.7 Å². The van der Waals surface area contributed by atoms with E-state index in [1.165, 1.54) is 12.0 Å². The molecule has 5 rings (SSSR count). The van der Waals surface area contributed by atoms with Crippen LogP contribution in [0.25, 0.3) is 11.0 Å². The molecule has 1 saturated carbocycles. The lowest BCUT2D eigenvalue weighted by molar-refractivity contribution is -0.126. The summed E-state index contributed by atoms with van der Waals surface area (Å²) in [6.07, 6.45) is 2.96. The molecule has 0 spiro atoms. The molecular weight excluding hydrogens is 362 g/mol. The number of nitriles is 1. The molecule has 1 N–H and O–H groups in total. The Balaban J connectivity index is 1.67. The molecule has 0 atom stereocenters. The molecule has 2 saturated heterocycles. The van der Waals surface area contributed by atoms with E-state index in [1.807, 2.05) is 6.07 Å². The average Bonchev–Trinajstić information content (AvgIpc) is 2.74. The van der Waals surface area contributed by atoms with Gasteiger partial charge in [0.05, 0.1) is 25.4 Å². The summed E-state index contributed by atoms with van der Waals surface area (Å²) in [6.45, 7) is 0.661. The summed E-state index contributed by atoms with van der Waals surface area (Å²) in [5.74, 6) is 0.401. The molecule has 0 radical (unpaired) electrons. The minimum absolute atomic E-state index is 0.152. The summed E-state index contributed by atoms with van der Waals surface area (Å²) in [6, 6.07) is 5.44. The van der Waals surface area contributed by atoms with Crippen molar-refractivity contribution in [3.63, 3.8) is 0 Å². The van der Waals surface area contributed by atoms with Gasteiger partial charge >= 0.3 is 6.09 Å². The second-order valence-electron chi connectivity index (χ2n) is 7.28. The zero-order chi connectivity index (χ0) is 19.7. The number of methoxy groups -OCH3 is 1. The van der Waals surface area contributed by atoms with Gasteiger partial charge in [-0.05, 0) is 38.2 Å². The molecule has 28 heavy (non-hydrogen) atoms. The van der Waals surface area contributed by atoms with Crippen LogP contribution in [0.15, 0.2) is 12.1 Å². The molecule has 3 fully saturated rings. The largest absolute Gasteiger partial charge is 0.481 e. The monoisotopic (exact) mass is 383 g/mol. The molecule has 3 aliphatic rings. The van der Waals surface area contributed by atoms with Gasteiger partial charge in [-0.3, -0.25) is 0 Å². The number of rotatable bonds is 5. The number of nitrogens with zero attached hydrogens (tertiary/aromatic N) is 5. The Morgan fingerprint density at radius 2 is 2.21 bits per heavy atom. The lowest BCUT2D eigenvalue weighted by Gasteiger charge is -2.51. The Morgan fingerprint density at radius 1 is 1.43 bits per heavy atom. The van der Waals surface area contributed by atoms with Gasteiger partial charge < -0.3 is 19.5 Å². The highest BCUT2D eigenvalue weighted by Gasteiger charge is 2.47. The Hall–Kier alpha value is -2.99. The molecule has 1 aliphatic carbocycles. The van der Waals surface area contributed by atoms with E-state index in [9.17, 15) is 15.2 Å². The lowest BCUT2D eigenvalue weighted by atomic mass is 9.77. The molecule has 0 unspecified atom stereocenters. The Bertz CT molecular complexity index is 935. The van der Waals surface area contributed by atoms with Gasteiger partial charge in [0, 0.05) is 18.2 Å². The van der Waals surface area contributed by atoms with E-state index in [0.29, 0.717) is 35.5 Å². The van der Waals surface area contributed by atoms with Crippen molar-refractivity contribution in [3.8, 4) is 11.9 Å². The van der Waals surface area contributed by atoms with Crippen molar-refractivity contribution in [2.24, 2.45) is 0 Å². The number of ether oxygens (including phenoxy) is 2.